The first-order chi connectivity index (χ1) is 13.5. The third-order valence-corrected chi connectivity index (χ3v) is 5.62. The lowest BCUT2D eigenvalue weighted by Crippen LogP contribution is -2.23. The van der Waals surface area contributed by atoms with Crippen molar-refractivity contribution in [2.24, 2.45) is 0 Å². The number of nitrogens with zero attached hydrogens (tertiary/aromatic N) is 5. The molecule has 4 aromatic heterocycles. The minimum Gasteiger partial charge on any atom is -0.325 e. The molecule has 0 radical (unpaired) electrons. The average Bonchev–Trinajstić information content (AvgIpc) is 3.31. The Morgan fingerprint density at radius 2 is 2.11 bits per heavy atom. The van der Waals surface area contributed by atoms with Crippen LogP contribution in [0.4, 0.5) is 5.69 Å². The number of aryl methyl sites for hydroxylation is 3. The number of fused-ring (bicyclic) bond motifs is 1. The van der Waals surface area contributed by atoms with E-state index in [4.69, 9.17) is 0 Å². The molecule has 0 saturated heterocycles. The fourth-order valence-electron chi connectivity index (χ4n) is 2.87. The van der Waals surface area contributed by atoms with Gasteiger partial charge in [-0.1, -0.05) is 0 Å². The molecule has 0 aromatic carbocycles. The maximum atomic E-state index is 12.7. The van der Waals surface area contributed by atoms with E-state index in [2.05, 4.69) is 20.4 Å². The monoisotopic (exact) mass is 394 g/mol. The van der Waals surface area contributed by atoms with Gasteiger partial charge in [0.25, 0.3) is 5.56 Å². The van der Waals surface area contributed by atoms with Gasteiger partial charge in [0.05, 0.1) is 23.6 Å². The molecule has 9 heteroatoms. The molecule has 0 atom stereocenters. The fraction of sp³-hybridized carbons (Fsp3) is 0.211. The van der Waals surface area contributed by atoms with Gasteiger partial charge in [-0.15, -0.1) is 11.3 Å². The number of aromatic nitrogens is 5. The van der Waals surface area contributed by atoms with Crippen LogP contribution in [0.3, 0.4) is 0 Å². The quantitative estimate of drug-likeness (QED) is 0.562. The maximum absolute atomic E-state index is 12.7. The Morgan fingerprint density at radius 1 is 1.25 bits per heavy atom. The molecule has 4 aromatic rings. The van der Waals surface area contributed by atoms with Crippen LogP contribution in [0, 0.1) is 13.8 Å². The van der Waals surface area contributed by atoms with Crippen LogP contribution >= 0.6 is 11.3 Å². The van der Waals surface area contributed by atoms with Crippen LogP contribution in [0.25, 0.3) is 16.0 Å². The molecule has 8 nitrogen and oxygen atoms in total. The number of nitrogens with one attached hydrogen (secondary N) is 1. The van der Waals surface area contributed by atoms with Crippen LogP contribution in [0.2, 0.25) is 0 Å². The highest BCUT2D eigenvalue weighted by Crippen LogP contribution is 2.25. The normalized spacial score (nSPS) is 11.1. The number of hydrogen-bond acceptors (Lipinski definition) is 6. The molecule has 0 aliphatic rings. The van der Waals surface area contributed by atoms with Gasteiger partial charge in [-0.3, -0.25) is 14.2 Å². The molecule has 28 heavy (non-hydrogen) atoms. The zero-order chi connectivity index (χ0) is 19.7. The van der Waals surface area contributed by atoms with Crippen molar-refractivity contribution in [3.8, 4) is 5.82 Å². The number of amides is 1. The van der Waals surface area contributed by atoms with Crippen molar-refractivity contribution in [1.29, 1.82) is 0 Å². The van der Waals surface area contributed by atoms with Gasteiger partial charge in [0.2, 0.25) is 5.91 Å². The lowest BCUT2D eigenvalue weighted by molar-refractivity contribution is -0.116. The first-order valence-corrected chi connectivity index (χ1v) is 9.55. The molecule has 142 valence electrons. The fourth-order valence-corrected chi connectivity index (χ4v) is 3.86. The zero-order valence-corrected chi connectivity index (χ0v) is 16.2. The van der Waals surface area contributed by atoms with Crippen LogP contribution in [0.5, 0.6) is 0 Å². The van der Waals surface area contributed by atoms with Crippen LogP contribution < -0.4 is 10.9 Å². The highest BCUT2D eigenvalue weighted by molar-refractivity contribution is 7.18. The summed E-state index contributed by atoms with van der Waals surface area (Å²) in [6.07, 6.45) is 6.71. The Kier molecular flexibility index (Phi) is 4.74. The minimum atomic E-state index is -0.196. The van der Waals surface area contributed by atoms with Gasteiger partial charge in [0.15, 0.2) is 5.82 Å². The first kappa shape index (κ1) is 18.1. The summed E-state index contributed by atoms with van der Waals surface area (Å²) in [6.45, 7) is 4.17. The Morgan fingerprint density at radius 3 is 2.82 bits per heavy atom. The van der Waals surface area contributed by atoms with Crippen molar-refractivity contribution in [2.45, 2.75) is 26.8 Å². The van der Waals surface area contributed by atoms with Crippen molar-refractivity contribution >= 4 is 33.1 Å². The molecule has 0 saturated carbocycles. The largest absolute Gasteiger partial charge is 0.325 e. The number of thiophene rings is 1. The van der Waals surface area contributed by atoms with E-state index in [1.165, 1.54) is 22.2 Å². The lowest BCUT2D eigenvalue weighted by atomic mass is 10.2. The topological polar surface area (TPSA) is 94.7 Å². The average molecular weight is 394 g/mol. The second-order valence-electron chi connectivity index (χ2n) is 6.36. The summed E-state index contributed by atoms with van der Waals surface area (Å²) in [5.41, 5.74) is 1.44. The van der Waals surface area contributed by atoms with Gasteiger partial charge < -0.3 is 5.32 Å². The van der Waals surface area contributed by atoms with Gasteiger partial charge >= 0.3 is 0 Å². The van der Waals surface area contributed by atoms with E-state index in [0.29, 0.717) is 16.9 Å². The zero-order valence-electron chi connectivity index (χ0n) is 15.4. The van der Waals surface area contributed by atoms with Crippen molar-refractivity contribution < 1.29 is 4.79 Å². The molecule has 0 aliphatic carbocycles. The highest BCUT2D eigenvalue weighted by Gasteiger charge is 2.13. The van der Waals surface area contributed by atoms with E-state index in [-0.39, 0.29) is 24.4 Å². The number of rotatable bonds is 5. The van der Waals surface area contributed by atoms with E-state index in [9.17, 15) is 9.59 Å². The molecule has 1 N–H and O–H groups in total. The summed E-state index contributed by atoms with van der Waals surface area (Å²) < 4.78 is 3.12. The third-order valence-electron chi connectivity index (χ3n) is 4.51. The number of pyridine rings is 1. The maximum Gasteiger partial charge on any atom is 0.262 e. The standard InChI is InChI=1S/C19H18N6O2S/c1-12-13(2)28-18-17(12)19(27)24(11-21-18)9-6-16(26)23-14-4-5-15(20-10-14)25-8-3-7-22-25/h3-5,7-8,10-11H,6,9H2,1-2H3,(H,23,26). The summed E-state index contributed by atoms with van der Waals surface area (Å²) in [6, 6.07) is 5.34. The molecule has 0 spiro atoms. The summed E-state index contributed by atoms with van der Waals surface area (Å²) >= 11 is 1.51. The molecular formula is C19H18N6O2S. The second kappa shape index (κ2) is 7.35. The molecule has 0 unspecified atom stereocenters. The van der Waals surface area contributed by atoms with Crippen LogP contribution in [-0.4, -0.2) is 30.2 Å². The molecule has 0 aliphatic heterocycles. The lowest BCUT2D eigenvalue weighted by Gasteiger charge is -2.08. The van der Waals surface area contributed by atoms with Crippen molar-refractivity contribution in [3.05, 3.63) is 63.9 Å². The first-order valence-electron chi connectivity index (χ1n) is 8.74. The summed E-state index contributed by atoms with van der Waals surface area (Å²) in [5.74, 6) is 0.467. The molecule has 0 bridgehead atoms. The number of carbonyl (C=O) groups is 1. The third kappa shape index (κ3) is 3.44. The molecule has 1 amide bonds. The molecular weight excluding hydrogens is 376 g/mol. The van der Waals surface area contributed by atoms with Gasteiger partial charge in [0.1, 0.15) is 4.83 Å². The highest BCUT2D eigenvalue weighted by atomic mass is 32.1. The summed E-state index contributed by atoms with van der Waals surface area (Å²) in [5, 5.41) is 7.54. The molecule has 4 rings (SSSR count). The Labute approximate surface area is 164 Å². The van der Waals surface area contributed by atoms with Gasteiger partial charge in [-0.25, -0.2) is 14.6 Å². The van der Waals surface area contributed by atoms with Crippen LogP contribution in [-0.2, 0) is 11.3 Å². The van der Waals surface area contributed by atoms with Gasteiger partial charge in [0, 0.05) is 30.2 Å². The van der Waals surface area contributed by atoms with Gasteiger partial charge in [-0.05, 0) is 37.6 Å². The van der Waals surface area contributed by atoms with E-state index in [1.807, 2.05) is 19.9 Å². The number of carbonyl (C=O) groups excluding carboxylic acids is 1. The van der Waals surface area contributed by atoms with Crippen molar-refractivity contribution in [3.63, 3.8) is 0 Å². The number of hydrogen-bond donors (Lipinski definition) is 1. The minimum absolute atomic E-state index is 0.107. The van der Waals surface area contributed by atoms with Crippen molar-refractivity contribution in [1.82, 2.24) is 24.3 Å². The Bertz CT molecular complexity index is 1190. The number of anilines is 1. The smallest absolute Gasteiger partial charge is 0.262 e. The SMILES string of the molecule is Cc1sc2ncn(CCC(=O)Nc3ccc(-n4cccn4)nc3)c(=O)c2c1C. The Balaban J connectivity index is 1.42. The van der Waals surface area contributed by atoms with E-state index >= 15 is 0 Å². The predicted molar refractivity (Wildman–Crippen MR) is 108 cm³/mol. The predicted octanol–water partition coefficient (Wildman–Crippen LogP) is 2.68. The molecule has 4 heterocycles. The van der Waals surface area contributed by atoms with Gasteiger partial charge in [-0.2, -0.15) is 5.10 Å². The van der Waals surface area contributed by atoms with E-state index in [0.717, 1.165) is 15.3 Å². The molecule has 0 fully saturated rings. The van der Waals surface area contributed by atoms with E-state index < -0.39 is 0 Å². The Hall–Kier alpha value is -3.33. The summed E-state index contributed by atoms with van der Waals surface area (Å²) in [4.78, 5) is 35.4. The van der Waals surface area contributed by atoms with Crippen LogP contribution in [0.1, 0.15) is 16.9 Å². The second-order valence-corrected chi connectivity index (χ2v) is 7.56. The van der Waals surface area contributed by atoms with E-state index in [1.54, 1.807) is 35.4 Å². The summed E-state index contributed by atoms with van der Waals surface area (Å²) in [7, 11) is 0. The van der Waals surface area contributed by atoms with Crippen LogP contribution in [0.15, 0.2) is 47.9 Å². The van der Waals surface area contributed by atoms with Crippen molar-refractivity contribution in [2.75, 3.05) is 5.32 Å².